The topological polar surface area (TPSA) is 17.1 Å². The smallest absolute Gasteiger partial charge is 0.162 e. The molecule has 0 fully saturated rings. The lowest BCUT2D eigenvalue weighted by molar-refractivity contribution is -0.115. The number of allylic oxidation sites excluding steroid dienone is 5. The summed E-state index contributed by atoms with van der Waals surface area (Å²) in [5.74, 6) is 1.27. The van der Waals surface area contributed by atoms with E-state index >= 15 is 0 Å². The molecule has 0 amide bonds. The maximum Gasteiger partial charge on any atom is 0.162 e. The van der Waals surface area contributed by atoms with Gasteiger partial charge in [0.2, 0.25) is 0 Å². The predicted octanol–water partition coefficient (Wildman–Crippen LogP) is 3.39. The molecule has 78 valence electrons. The zero-order valence-corrected chi connectivity index (χ0v) is 9.77. The summed E-state index contributed by atoms with van der Waals surface area (Å²) in [6.45, 7) is 5.46. The van der Waals surface area contributed by atoms with E-state index in [0.29, 0.717) is 6.42 Å². The number of carbonyl (C=O) groups excluding carboxylic acids is 1. The highest BCUT2D eigenvalue weighted by Gasteiger charge is 2.04. The third kappa shape index (κ3) is 5.81. The zero-order valence-electron chi connectivity index (χ0n) is 8.95. The van der Waals surface area contributed by atoms with E-state index in [4.69, 9.17) is 0 Å². The van der Waals surface area contributed by atoms with Crippen molar-refractivity contribution in [1.82, 2.24) is 0 Å². The van der Waals surface area contributed by atoms with Crippen molar-refractivity contribution >= 4 is 17.5 Å². The van der Waals surface area contributed by atoms with E-state index in [1.165, 1.54) is 0 Å². The van der Waals surface area contributed by atoms with Gasteiger partial charge in [-0.1, -0.05) is 30.9 Å². The van der Waals surface area contributed by atoms with Crippen LogP contribution in [0, 0.1) is 0 Å². The molecule has 0 N–H and O–H groups in total. The Morgan fingerprint density at radius 1 is 1.50 bits per heavy atom. The maximum atomic E-state index is 11.6. The number of hydrogen-bond acceptors (Lipinski definition) is 2. The number of ketones is 1. The van der Waals surface area contributed by atoms with Gasteiger partial charge in [-0.25, -0.2) is 0 Å². The Bertz CT molecular complexity index is 239. The highest BCUT2D eigenvalue weighted by Crippen LogP contribution is 2.07. The molecule has 2 heteroatoms. The summed E-state index contributed by atoms with van der Waals surface area (Å²) < 4.78 is 0. The first-order chi connectivity index (χ1) is 6.76. The second-order valence-corrected chi connectivity index (χ2v) is 3.84. The third-order valence-electron chi connectivity index (χ3n) is 1.80. The van der Waals surface area contributed by atoms with Crippen molar-refractivity contribution in [1.29, 1.82) is 0 Å². The van der Waals surface area contributed by atoms with Crippen LogP contribution in [-0.4, -0.2) is 17.8 Å². The molecule has 0 bridgehead atoms. The molecule has 0 saturated carbocycles. The van der Waals surface area contributed by atoms with Gasteiger partial charge < -0.3 is 0 Å². The van der Waals surface area contributed by atoms with Crippen LogP contribution in [0.2, 0.25) is 0 Å². The van der Waals surface area contributed by atoms with Crippen molar-refractivity contribution in [2.75, 3.05) is 12.0 Å². The molecular weight excluding hydrogens is 192 g/mol. The molecule has 0 radical (unpaired) electrons. The van der Waals surface area contributed by atoms with Gasteiger partial charge >= 0.3 is 0 Å². The van der Waals surface area contributed by atoms with Crippen LogP contribution in [0.5, 0.6) is 0 Å². The van der Waals surface area contributed by atoms with Crippen LogP contribution in [-0.2, 0) is 4.79 Å². The number of thioether (sulfide) groups is 1. The molecule has 0 unspecified atom stereocenters. The number of carbonyl (C=O) groups is 1. The van der Waals surface area contributed by atoms with Crippen molar-refractivity contribution in [3.05, 3.63) is 36.5 Å². The van der Waals surface area contributed by atoms with Gasteiger partial charge in [0.15, 0.2) is 5.78 Å². The monoisotopic (exact) mass is 210 g/mol. The Morgan fingerprint density at radius 3 is 2.71 bits per heavy atom. The first-order valence-corrected chi connectivity index (χ1v) is 6.13. The van der Waals surface area contributed by atoms with Crippen LogP contribution in [0.25, 0.3) is 0 Å². The maximum absolute atomic E-state index is 11.6. The minimum atomic E-state index is 0.222. The van der Waals surface area contributed by atoms with E-state index in [2.05, 4.69) is 12.8 Å². The molecule has 0 aliphatic rings. The van der Waals surface area contributed by atoms with Crippen LogP contribution < -0.4 is 0 Å². The average molecular weight is 210 g/mol. The van der Waals surface area contributed by atoms with Gasteiger partial charge in [-0.3, -0.25) is 4.79 Å². The van der Waals surface area contributed by atoms with E-state index in [-0.39, 0.29) is 5.78 Å². The fourth-order valence-corrected chi connectivity index (χ4v) is 1.48. The molecule has 0 aromatic heterocycles. The summed E-state index contributed by atoms with van der Waals surface area (Å²) in [4.78, 5) is 11.6. The lowest BCUT2D eigenvalue weighted by atomic mass is 10.1. The first kappa shape index (κ1) is 13.2. The minimum absolute atomic E-state index is 0.222. The average Bonchev–Trinajstić information content (AvgIpc) is 2.19. The summed E-state index contributed by atoms with van der Waals surface area (Å²) in [6, 6.07) is 0. The number of hydrogen-bond donors (Lipinski definition) is 0. The second-order valence-electron chi connectivity index (χ2n) is 2.86. The van der Waals surface area contributed by atoms with Gasteiger partial charge in [-0.05, 0) is 25.4 Å². The Labute approximate surface area is 91.0 Å². The van der Waals surface area contributed by atoms with Crippen molar-refractivity contribution < 1.29 is 4.79 Å². The molecule has 0 rings (SSSR count). The minimum Gasteiger partial charge on any atom is -0.294 e. The zero-order chi connectivity index (χ0) is 10.8. The van der Waals surface area contributed by atoms with E-state index in [1.807, 2.05) is 19.1 Å². The Morgan fingerprint density at radius 2 is 2.21 bits per heavy atom. The molecular formula is C12H18OS. The number of Topliss-reactive ketones (excluding diaryl/α,β-unsaturated/α-hetero) is 1. The highest BCUT2D eigenvalue weighted by molar-refractivity contribution is 7.98. The van der Waals surface area contributed by atoms with Crippen molar-refractivity contribution in [3.8, 4) is 0 Å². The first-order valence-electron chi connectivity index (χ1n) is 4.73. The molecule has 0 aromatic rings. The SMILES string of the molecule is C=C/C=C\C(=C/C)C(=O)CCCSC. The Kier molecular flexibility index (Phi) is 8.34. The van der Waals surface area contributed by atoms with Crippen LogP contribution >= 0.6 is 11.8 Å². The fourth-order valence-electron chi connectivity index (χ4n) is 1.04. The molecule has 0 atom stereocenters. The van der Waals surface area contributed by atoms with Crippen LogP contribution in [0.3, 0.4) is 0 Å². The van der Waals surface area contributed by atoms with Crippen molar-refractivity contribution in [3.63, 3.8) is 0 Å². The molecule has 0 saturated heterocycles. The van der Waals surface area contributed by atoms with Crippen molar-refractivity contribution in [2.24, 2.45) is 0 Å². The fraction of sp³-hybridized carbons (Fsp3) is 0.417. The lowest BCUT2D eigenvalue weighted by Crippen LogP contribution is -2.00. The predicted molar refractivity (Wildman–Crippen MR) is 65.7 cm³/mol. The summed E-state index contributed by atoms with van der Waals surface area (Å²) in [5, 5.41) is 0. The molecule has 0 heterocycles. The summed E-state index contributed by atoms with van der Waals surface area (Å²) in [5.41, 5.74) is 0.783. The lowest BCUT2D eigenvalue weighted by Gasteiger charge is -1.99. The van der Waals surface area contributed by atoms with Crippen LogP contribution in [0.4, 0.5) is 0 Å². The van der Waals surface area contributed by atoms with E-state index in [9.17, 15) is 4.79 Å². The molecule has 0 spiro atoms. The molecule has 1 nitrogen and oxygen atoms in total. The van der Waals surface area contributed by atoms with Crippen LogP contribution in [0.15, 0.2) is 36.5 Å². The standard InChI is InChI=1S/C12H18OS/c1-4-6-8-11(5-2)12(13)9-7-10-14-3/h4-6,8H,1,7,9-10H2,2-3H3/b8-6-,11-5+. The second kappa shape index (κ2) is 8.82. The van der Waals surface area contributed by atoms with Gasteiger partial charge in [0.25, 0.3) is 0 Å². The van der Waals surface area contributed by atoms with Gasteiger partial charge in [-0.15, -0.1) is 0 Å². The highest BCUT2D eigenvalue weighted by atomic mass is 32.2. The quantitative estimate of drug-likeness (QED) is 0.364. The molecule has 0 aromatic carbocycles. The van der Waals surface area contributed by atoms with E-state index in [1.54, 1.807) is 23.9 Å². The molecule has 14 heavy (non-hydrogen) atoms. The molecule has 0 aliphatic heterocycles. The van der Waals surface area contributed by atoms with E-state index in [0.717, 1.165) is 17.7 Å². The van der Waals surface area contributed by atoms with Gasteiger partial charge in [0.1, 0.15) is 0 Å². The van der Waals surface area contributed by atoms with E-state index < -0.39 is 0 Å². The largest absolute Gasteiger partial charge is 0.294 e. The van der Waals surface area contributed by atoms with Gasteiger partial charge in [0.05, 0.1) is 0 Å². The van der Waals surface area contributed by atoms with Gasteiger partial charge in [0, 0.05) is 12.0 Å². The third-order valence-corrected chi connectivity index (χ3v) is 2.49. The molecule has 0 aliphatic carbocycles. The van der Waals surface area contributed by atoms with Crippen molar-refractivity contribution in [2.45, 2.75) is 19.8 Å². The Balaban J connectivity index is 4.06. The summed E-state index contributed by atoms with van der Waals surface area (Å²) in [7, 11) is 0. The number of rotatable bonds is 7. The summed E-state index contributed by atoms with van der Waals surface area (Å²) in [6.07, 6.45) is 10.8. The summed E-state index contributed by atoms with van der Waals surface area (Å²) >= 11 is 1.77. The Hall–Kier alpha value is -0.760. The van der Waals surface area contributed by atoms with Gasteiger partial charge in [-0.2, -0.15) is 11.8 Å². The normalized spacial score (nSPS) is 12.0. The van der Waals surface area contributed by atoms with Crippen LogP contribution in [0.1, 0.15) is 19.8 Å².